The highest BCUT2D eigenvalue weighted by Gasteiger charge is 2.32. The number of amides is 3. The van der Waals surface area contributed by atoms with Crippen LogP contribution < -0.4 is 11.1 Å². The maximum absolute atomic E-state index is 13.3. The first-order valence-electron chi connectivity index (χ1n) is 27.2. The maximum atomic E-state index is 13.3. The summed E-state index contributed by atoms with van der Waals surface area (Å²) in [4.78, 5) is 69.2. The van der Waals surface area contributed by atoms with Crippen molar-refractivity contribution in [2.75, 3.05) is 37.2 Å². The average molecular weight is 1290 g/mol. The predicted octanol–water partition coefficient (Wildman–Crippen LogP) is 15.6. The van der Waals surface area contributed by atoms with E-state index >= 15 is 0 Å². The summed E-state index contributed by atoms with van der Waals surface area (Å²) in [7, 11) is 0. The second kappa shape index (κ2) is 27.7. The zero-order valence-electron chi connectivity index (χ0n) is 48.3. The Balaban J connectivity index is 0.000000213. The topological polar surface area (TPSA) is 184 Å². The van der Waals surface area contributed by atoms with Gasteiger partial charge >= 0.3 is 18.2 Å². The molecular formula is C58H80Br2N8O7S4. The number of hydrogen-bond donors (Lipinski definition) is 3. The van der Waals surface area contributed by atoms with Gasteiger partial charge in [0, 0.05) is 99.7 Å². The van der Waals surface area contributed by atoms with Gasteiger partial charge in [0.25, 0.3) is 0 Å². The van der Waals surface area contributed by atoms with Crippen LogP contribution in [-0.4, -0.2) is 120 Å². The summed E-state index contributed by atoms with van der Waals surface area (Å²) in [5.41, 5.74) is 12.2. The van der Waals surface area contributed by atoms with Crippen molar-refractivity contribution < 1.29 is 33.8 Å². The minimum atomic E-state index is -0.915. The van der Waals surface area contributed by atoms with E-state index in [1.165, 1.54) is 36.0 Å². The number of halogens is 2. The fourth-order valence-electron chi connectivity index (χ4n) is 9.01. The molecule has 0 radical (unpaired) electrons. The van der Waals surface area contributed by atoms with Gasteiger partial charge in [-0.1, -0.05) is 45.7 Å². The fourth-order valence-corrected chi connectivity index (χ4v) is 14.3. The van der Waals surface area contributed by atoms with Crippen molar-refractivity contribution in [3.63, 3.8) is 0 Å². The van der Waals surface area contributed by atoms with Crippen LogP contribution in [0.3, 0.4) is 0 Å². The summed E-state index contributed by atoms with van der Waals surface area (Å²) < 4.78 is 15.3. The summed E-state index contributed by atoms with van der Waals surface area (Å²) in [5.74, 6) is -1.03. The number of nitrogens with one attached hydrogen (secondary N) is 1. The van der Waals surface area contributed by atoms with E-state index in [9.17, 15) is 19.2 Å². The summed E-state index contributed by atoms with van der Waals surface area (Å²) in [6.45, 7) is 32.2. The van der Waals surface area contributed by atoms with Crippen molar-refractivity contribution in [1.82, 2.24) is 29.6 Å². The lowest BCUT2D eigenvalue weighted by atomic mass is 10.0. The lowest BCUT2D eigenvalue weighted by Crippen LogP contribution is -2.43. The normalized spacial score (nSPS) is 14.7. The molecule has 2 aliphatic heterocycles. The number of hydrogen-bond acceptors (Lipinski definition) is 15. The predicted molar refractivity (Wildman–Crippen MR) is 335 cm³/mol. The largest absolute Gasteiger partial charge is 0.481 e. The third-order valence-corrected chi connectivity index (χ3v) is 19.0. The Morgan fingerprint density at radius 3 is 1.54 bits per heavy atom. The first-order chi connectivity index (χ1) is 37.1. The van der Waals surface area contributed by atoms with E-state index in [0.29, 0.717) is 18.6 Å². The highest BCUT2D eigenvalue weighted by atomic mass is 79.9. The van der Waals surface area contributed by atoms with Crippen molar-refractivity contribution >= 4 is 132 Å². The van der Waals surface area contributed by atoms with Gasteiger partial charge in [0.2, 0.25) is 5.91 Å². The third-order valence-electron chi connectivity index (χ3n) is 13.7. The van der Waals surface area contributed by atoms with Crippen LogP contribution in [0.2, 0.25) is 0 Å². The van der Waals surface area contributed by atoms with E-state index in [1.807, 2.05) is 60.6 Å². The van der Waals surface area contributed by atoms with Crippen LogP contribution in [0, 0.1) is 0 Å². The number of benzene rings is 2. The van der Waals surface area contributed by atoms with E-state index in [-0.39, 0.29) is 43.5 Å². The second-order valence-electron chi connectivity index (χ2n) is 22.6. The van der Waals surface area contributed by atoms with Crippen molar-refractivity contribution in [2.45, 2.75) is 184 Å². The van der Waals surface area contributed by atoms with E-state index in [2.05, 4.69) is 98.9 Å². The lowest BCUT2D eigenvalue weighted by molar-refractivity contribution is -0.137. The summed E-state index contributed by atoms with van der Waals surface area (Å²) in [5, 5.41) is 15.6. The van der Waals surface area contributed by atoms with Crippen molar-refractivity contribution in [3.05, 3.63) is 66.2 Å². The van der Waals surface area contributed by atoms with Crippen LogP contribution in [0.25, 0.3) is 41.6 Å². The summed E-state index contributed by atoms with van der Waals surface area (Å²) in [6, 6.07) is 13.4. The molecule has 2 atom stereocenters. The van der Waals surface area contributed by atoms with E-state index in [1.54, 1.807) is 71.0 Å². The van der Waals surface area contributed by atoms with Gasteiger partial charge in [0.05, 0.1) is 31.9 Å². The molecule has 0 fully saturated rings. The van der Waals surface area contributed by atoms with Crippen molar-refractivity contribution in [2.24, 2.45) is 0 Å². The number of nitrogens with two attached hydrogens (primary N) is 1. The van der Waals surface area contributed by atoms with E-state index in [4.69, 9.17) is 30.3 Å². The number of aromatic nitrogens is 2. The Labute approximate surface area is 499 Å². The molecule has 3 amide bonds. The zero-order chi connectivity index (χ0) is 58.3. The third kappa shape index (κ3) is 17.4. The Bertz CT molecular complexity index is 3080. The van der Waals surface area contributed by atoms with E-state index < -0.39 is 23.3 Å². The standard InChI is InChI=1S/C29H39BrN4O3S2.C17H18BrN3S2.C12H23NO4/c1-8-18(4)34(28(36)37-29(5,6)7)14-12-24(35)32-27-25(20-11-13-33(17(2)3)16-23(20)39-27)26-31-21-15-19(30)9-10-22(21)38-26;1-9(2)21-6-5-11-14(8-21)22-16(19)15(11)17-20-12-7-10(18)3-4-13(12)23-17;1-6-9(2)13(8-7-10(14)15)11(16)17-12(3,4)5/h9-10,15,17-18H,8,11-14,16H2,1-7H3,(H,32,35);3-4,7,9H,5-6,8,19H2,1-2H3;9H,6-8H2,1-5H3,(H,14,15). The molecule has 2 unspecified atom stereocenters. The number of aliphatic carboxylic acids is 1. The summed E-state index contributed by atoms with van der Waals surface area (Å²) >= 11 is 13.9. The highest BCUT2D eigenvalue weighted by molar-refractivity contribution is 9.10. The smallest absolute Gasteiger partial charge is 0.410 e. The molecule has 0 spiro atoms. The molecular weight excluding hydrogens is 1210 g/mol. The minimum Gasteiger partial charge on any atom is -0.481 e. The quantitative estimate of drug-likeness (QED) is 0.0886. The fraction of sp³-hybridized carbons (Fsp3) is 0.552. The Morgan fingerprint density at radius 1 is 0.684 bits per heavy atom. The number of thiazole rings is 2. The van der Waals surface area contributed by atoms with Crippen molar-refractivity contribution in [3.8, 4) is 21.1 Å². The van der Waals surface area contributed by atoms with Gasteiger partial charge in [-0.2, -0.15) is 0 Å². The number of thiophene rings is 2. The molecule has 8 rings (SSSR count). The van der Waals surface area contributed by atoms with Crippen LogP contribution >= 0.6 is 77.2 Å². The molecule has 21 heteroatoms. The van der Waals surface area contributed by atoms with Crippen LogP contribution in [0.5, 0.6) is 0 Å². The van der Waals surface area contributed by atoms with Gasteiger partial charge in [-0.25, -0.2) is 19.6 Å². The number of carbonyl (C=O) groups is 4. The van der Waals surface area contributed by atoms with Gasteiger partial charge in [0.15, 0.2) is 0 Å². The summed E-state index contributed by atoms with van der Waals surface area (Å²) in [6.07, 6.45) is 2.83. The first kappa shape index (κ1) is 64.0. The van der Waals surface area contributed by atoms with Gasteiger partial charge in [-0.05, 0) is 156 Å². The molecule has 6 heterocycles. The zero-order valence-corrected chi connectivity index (χ0v) is 54.7. The first-order valence-corrected chi connectivity index (χ1v) is 32.1. The molecule has 4 aromatic heterocycles. The number of anilines is 2. The number of fused-ring (bicyclic) bond motifs is 4. The minimum absolute atomic E-state index is 0.0239. The second-order valence-corrected chi connectivity index (χ2v) is 28.8. The number of carboxylic acid groups (broad SMARTS) is 1. The molecule has 0 saturated carbocycles. The number of rotatable bonds is 15. The van der Waals surface area contributed by atoms with Gasteiger partial charge < -0.3 is 35.4 Å². The van der Waals surface area contributed by atoms with Crippen LogP contribution in [0.1, 0.15) is 143 Å². The van der Waals surface area contributed by atoms with Gasteiger partial charge in [-0.15, -0.1) is 45.3 Å². The molecule has 79 heavy (non-hydrogen) atoms. The van der Waals surface area contributed by atoms with Crippen LogP contribution in [0.15, 0.2) is 45.3 Å². The molecule has 6 aromatic rings. The van der Waals surface area contributed by atoms with Crippen LogP contribution in [0.4, 0.5) is 19.6 Å². The Kier molecular flexibility index (Phi) is 22.4. The van der Waals surface area contributed by atoms with Gasteiger partial charge in [-0.3, -0.25) is 19.4 Å². The molecule has 432 valence electrons. The molecule has 0 aliphatic carbocycles. The highest BCUT2D eigenvalue weighted by Crippen LogP contribution is 2.47. The monoisotopic (exact) mass is 1290 g/mol. The number of nitrogens with zero attached hydrogens (tertiary/aromatic N) is 6. The Hall–Kier alpha value is -4.22. The molecule has 15 nitrogen and oxygen atoms in total. The number of nitrogen functional groups attached to an aromatic ring is 1. The molecule has 0 saturated heterocycles. The number of ether oxygens (including phenoxy) is 2. The molecule has 4 N–H and O–H groups in total. The average Bonchev–Trinajstić information content (AvgIpc) is 4.36. The van der Waals surface area contributed by atoms with Gasteiger partial charge in [0.1, 0.15) is 26.2 Å². The maximum Gasteiger partial charge on any atom is 0.410 e. The van der Waals surface area contributed by atoms with Crippen LogP contribution in [-0.2, 0) is 45.0 Å². The SMILES string of the molecule is CC(C)N1CCc2c(sc(N)c2-c2nc3cc(Br)ccc3s2)C1.CCC(C)N(CCC(=O)Nc1sc2c(c1-c1nc3cc(Br)ccc3s1)CCN(C(C)C)C2)C(=O)OC(C)(C)C.CCC(C)N(CCC(=O)O)C(=O)OC(C)(C)C. The lowest BCUT2D eigenvalue weighted by Gasteiger charge is -2.31. The number of carbonyl (C=O) groups excluding carboxylic acids is 3. The number of carboxylic acids is 1. The Morgan fingerprint density at radius 2 is 1.11 bits per heavy atom. The van der Waals surface area contributed by atoms with Crippen molar-refractivity contribution in [1.29, 1.82) is 0 Å². The molecule has 0 bridgehead atoms. The molecule has 2 aliphatic rings. The van der Waals surface area contributed by atoms with E-state index in [0.717, 1.165) is 102 Å². The molecule has 2 aromatic carbocycles.